The van der Waals surface area contributed by atoms with Crippen molar-refractivity contribution in [3.63, 3.8) is 0 Å². The van der Waals surface area contributed by atoms with Gasteiger partial charge < -0.3 is 14.8 Å². The molecule has 0 aliphatic heterocycles. The zero-order valence-electron chi connectivity index (χ0n) is 10.1. The fourth-order valence-corrected chi connectivity index (χ4v) is 2.11. The van der Waals surface area contributed by atoms with Crippen molar-refractivity contribution in [1.82, 2.24) is 5.32 Å². The summed E-state index contributed by atoms with van der Waals surface area (Å²) in [6.45, 7) is 4.86. The molecule has 1 aliphatic carbocycles. The maximum Gasteiger partial charge on any atom is 0.0724 e. The van der Waals surface area contributed by atoms with Gasteiger partial charge >= 0.3 is 0 Å². The summed E-state index contributed by atoms with van der Waals surface area (Å²) in [6, 6.07) is 0.546. The number of ether oxygens (including phenoxy) is 2. The van der Waals surface area contributed by atoms with Crippen LogP contribution in [-0.4, -0.2) is 39.0 Å². The van der Waals surface area contributed by atoms with Crippen LogP contribution in [0.5, 0.6) is 0 Å². The quantitative estimate of drug-likeness (QED) is 0.628. The molecule has 0 spiro atoms. The molecule has 0 radical (unpaired) electrons. The predicted molar refractivity (Wildman–Crippen MR) is 62.2 cm³/mol. The Morgan fingerprint density at radius 1 is 1.27 bits per heavy atom. The highest BCUT2D eigenvalue weighted by Gasteiger charge is 2.25. The summed E-state index contributed by atoms with van der Waals surface area (Å²) < 4.78 is 10.9. The molecule has 0 heterocycles. The summed E-state index contributed by atoms with van der Waals surface area (Å²) in [5, 5.41) is 3.51. The van der Waals surface area contributed by atoms with Crippen LogP contribution in [0.1, 0.15) is 39.0 Å². The lowest BCUT2D eigenvalue weighted by Crippen LogP contribution is -2.38. The van der Waals surface area contributed by atoms with Gasteiger partial charge in [0.15, 0.2) is 0 Å². The van der Waals surface area contributed by atoms with Crippen LogP contribution in [0, 0.1) is 0 Å². The number of hydrogen-bond donors (Lipinski definition) is 1. The third kappa shape index (κ3) is 4.96. The Hall–Kier alpha value is -0.120. The summed E-state index contributed by atoms with van der Waals surface area (Å²) in [7, 11) is 1.81. The second kappa shape index (κ2) is 8.08. The van der Waals surface area contributed by atoms with Crippen LogP contribution in [0.25, 0.3) is 0 Å². The van der Waals surface area contributed by atoms with Crippen LogP contribution in [0.4, 0.5) is 0 Å². The molecule has 0 aromatic carbocycles. The lowest BCUT2D eigenvalue weighted by atomic mass is 10.2. The van der Waals surface area contributed by atoms with E-state index in [9.17, 15) is 0 Å². The molecule has 1 rings (SSSR count). The van der Waals surface area contributed by atoms with Crippen LogP contribution in [0.15, 0.2) is 0 Å². The van der Waals surface area contributed by atoms with Crippen LogP contribution in [-0.2, 0) is 9.47 Å². The maximum absolute atomic E-state index is 5.50. The second-order valence-corrected chi connectivity index (χ2v) is 4.23. The first kappa shape index (κ1) is 12.9. The number of nitrogens with one attached hydrogen (secondary N) is 1. The molecule has 1 N–H and O–H groups in total. The van der Waals surface area contributed by atoms with Gasteiger partial charge in [0.05, 0.1) is 12.7 Å². The van der Waals surface area contributed by atoms with Crippen molar-refractivity contribution >= 4 is 0 Å². The fraction of sp³-hybridized carbons (Fsp3) is 1.00. The highest BCUT2D eigenvalue weighted by Crippen LogP contribution is 2.21. The van der Waals surface area contributed by atoms with Crippen molar-refractivity contribution in [3.8, 4) is 0 Å². The molecule has 90 valence electrons. The van der Waals surface area contributed by atoms with E-state index in [0.717, 1.165) is 19.8 Å². The molecule has 0 aromatic rings. The Bertz CT molecular complexity index is 153. The Morgan fingerprint density at radius 2 is 2.13 bits per heavy atom. The second-order valence-electron chi connectivity index (χ2n) is 4.23. The Balaban J connectivity index is 1.95. The minimum atomic E-state index is 0.417. The fourth-order valence-electron chi connectivity index (χ4n) is 2.11. The standard InChI is InChI=1S/C12H25NO2/c1-3-4-9-15-10-8-13-11-6-5-7-12(11)14-2/h11-13H,3-10H2,1-2H3. The number of hydrogen-bond acceptors (Lipinski definition) is 3. The molecule has 15 heavy (non-hydrogen) atoms. The van der Waals surface area contributed by atoms with Crippen molar-refractivity contribution in [2.45, 2.75) is 51.2 Å². The lowest BCUT2D eigenvalue weighted by Gasteiger charge is -2.19. The van der Waals surface area contributed by atoms with E-state index < -0.39 is 0 Å². The molecule has 1 aliphatic rings. The topological polar surface area (TPSA) is 30.5 Å². The monoisotopic (exact) mass is 215 g/mol. The van der Waals surface area contributed by atoms with Gasteiger partial charge in [-0.05, 0) is 25.7 Å². The van der Waals surface area contributed by atoms with Gasteiger partial charge in [-0.25, -0.2) is 0 Å². The minimum absolute atomic E-state index is 0.417. The summed E-state index contributed by atoms with van der Waals surface area (Å²) in [4.78, 5) is 0. The van der Waals surface area contributed by atoms with Gasteiger partial charge in [-0.15, -0.1) is 0 Å². The zero-order valence-corrected chi connectivity index (χ0v) is 10.1. The first-order valence-electron chi connectivity index (χ1n) is 6.22. The maximum atomic E-state index is 5.50. The van der Waals surface area contributed by atoms with Gasteiger partial charge in [0.2, 0.25) is 0 Å². The van der Waals surface area contributed by atoms with Crippen molar-refractivity contribution in [2.75, 3.05) is 26.9 Å². The zero-order chi connectivity index (χ0) is 10.9. The van der Waals surface area contributed by atoms with Gasteiger partial charge in [-0.1, -0.05) is 13.3 Å². The van der Waals surface area contributed by atoms with Crippen LogP contribution >= 0.6 is 0 Å². The third-order valence-corrected chi connectivity index (χ3v) is 3.05. The molecule has 3 nitrogen and oxygen atoms in total. The van der Waals surface area contributed by atoms with E-state index in [1.807, 2.05) is 7.11 Å². The van der Waals surface area contributed by atoms with E-state index in [-0.39, 0.29) is 0 Å². The molecular weight excluding hydrogens is 190 g/mol. The molecular formula is C12H25NO2. The van der Waals surface area contributed by atoms with Crippen molar-refractivity contribution in [1.29, 1.82) is 0 Å². The summed E-state index contributed by atoms with van der Waals surface area (Å²) in [6.07, 6.45) is 6.53. The normalized spacial score (nSPS) is 26.0. The summed E-state index contributed by atoms with van der Waals surface area (Å²) >= 11 is 0. The average Bonchev–Trinajstić information content (AvgIpc) is 2.70. The third-order valence-electron chi connectivity index (χ3n) is 3.05. The van der Waals surface area contributed by atoms with E-state index in [2.05, 4.69) is 12.2 Å². The lowest BCUT2D eigenvalue weighted by molar-refractivity contribution is 0.0781. The summed E-state index contributed by atoms with van der Waals surface area (Å²) in [5.74, 6) is 0. The summed E-state index contributed by atoms with van der Waals surface area (Å²) in [5.41, 5.74) is 0. The molecule has 0 amide bonds. The van der Waals surface area contributed by atoms with E-state index in [1.54, 1.807) is 0 Å². The molecule has 2 atom stereocenters. The number of rotatable bonds is 8. The first-order valence-corrected chi connectivity index (χ1v) is 6.22. The van der Waals surface area contributed by atoms with Crippen LogP contribution < -0.4 is 5.32 Å². The largest absolute Gasteiger partial charge is 0.380 e. The molecule has 2 unspecified atom stereocenters. The average molecular weight is 215 g/mol. The van der Waals surface area contributed by atoms with Crippen molar-refractivity contribution < 1.29 is 9.47 Å². The van der Waals surface area contributed by atoms with Crippen molar-refractivity contribution in [3.05, 3.63) is 0 Å². The number of unbranched alkanes of at least 4 members (excludes halogenated alkanes) is 1. The van der Waals surface area contributed by atoms with Gasteiger partial charge in [-0.2, -0.15) is 0 Å². The molecule has 1 saturated carbocycles. The van der Waals surface area contributed by atoms with Crippen molar-refractivity contribution in [2.24, 2.45) is 0 Å². The highest BCUT2D eigenvalue weighted by atomic mass is 16.5. The Kier molecular flexibility index (Phi) is 6.98. The van der Waals surface area contributed by atoms with E-state index in [0.29, 0.717) is 12.1 Å². The van der Waals surface area contributed by atoms with Gasteiger partial charge in [-0.3, -0.25) is 0 Å². The SMILES string of the molecule is CCCCOCCNC1CCCC1OC. The van der Waals surface area contributed by atoms with Gasteiger partial charge in [0.25, 0.3) is 0 Å². The smallest absolute Gasteiger partial charge is 0.0724 e. The molecule has 0 saturated heterocycles. The van der Waals surface area contributed by atoms with Gasteiger partial charge in [0.1, 0.15) is 0 Å². The Morgan fingerprint density at radius 3 is 2.87 bits per heavy atom. The van der Waals surface area contributed by atoms with Gasteiger partial charge in [0, 0.05) is 26.3 Å². The molecule has 3 heteroatoms. The van der Waals surface area contributed by atoms with Crippen LogP contribution in [0.3, 0.4) is 0 Å². The van der Waals surface area contributed by atoms with E-state index >= 15 is 0 Å². The predicted octanol–water partition coefficient (Wildman–Crippen LogP) is 1.96. The van der Waals surface area contributed by atoms with Crippen LogP contribution in [0.2, 0.25) is 0 Å². The molecule has 0 aromatic heterocycles. The number of methoxy groups -OCH3 is 1. The highest BCUT2D eigenvalue weighted by molar-refractivity contribution is 4.83. The van der Waals surface area contributed by atoms with E-state index in [1.165, 1.54) is 32.1 Å². The minimum Gasteiger partial charge on any atom is -0.380 e. The first-order chi connectivity index (χ1) is 7.38. The molecule has 0 bridgehead atoms. The van der Waals surface area contributed by atoms with E-state index in [4.69, 9.17) is 9.47 Å². The molecule has 1 fully saturated rings. The Labute approximate surface area is 93.5 Å².